The van der Waals surface area contributed by atoms with E-state index in [1.54, 1.807) is 24.4 Å². The zero-order chi connectivity index (χ0) is 14.7. The van der Waals surface area contributed by atoms with Crippen LogP contribution in [0.2, 0.25) is 0 Å². The van der Waals surface area contributed by atoms with E-state index in [9.17, 15) is 14.7 Å². The first kappa shape index (κ1) is 13.9. The number of nitrogens with one attached hydrogen (secondary N) is 1. The van der Waals surface area contributed by atoms with Crippen molar-refractivity contribution in [2.45, 2.75) is 13.3 Å². The highest BCUT2D eigenvalue weighted by Crippen LogP contribution is 2.21. The number of methoxy groups -OCH3 is 1. The summed E-state index contributed by atoms with van der Waals surface area (Å²) >= 11 is 0. The standard InChI is InChI=1S/C15H15NO4/c1-9-5-12(14(18)16-8-9)6-10-3-4-11(7-13(10)17)15(19)20-2/h3-5,7-8,17H,6H2,1-2H3,(H,16,18). The van der Waals surface area contributed by atoms with Gasteiger partial charge in [-0.25, -0.2) is 4.79 Å². The van der Waals surface area contributed by atoms with Crippen molar-refractivity contribution in [2.24, 2.45) is 0 Å². The quantitative estimate of drug-likeness (QED) is 0.835. The topological polar surface area (TPSA) is 79.4 Å². The molecule has 20 heavy (non-hydrogen) atoms. The van der Waals surface area contributed by atoms with Crippen molar-refractivity contribution in [3.8, 4) is 5.75 Å². The maximum absolute atomic E-state index is 11.7. The van der Waals surface area contributed by atoms with Crippen LogP contribution in [0.15, 0.2) is 35.3 Å². The van der Waals surface area contributed by atoms with Gasteiger partial charge in [-0.3, -0.25) is 4.79 Å². The van der Waals surface area contributed by atoms with Gasteiger partial charge in [0.15, 0.2) is 0 Å². The molecule has 0 aliphatic rings. The van der Waals surface area contributed by atoms with Crippen molar-refractivity contribution < 1.29 is 14.6 Å². The number of rotatable bonds is 3. The summed E-state index contributed by atoms with van der Waals surface area (Å²) in [6.07, 6.45) is 1.93. The summed E-state index contributed by atoms with van der Waals surface area (Å²) in [5.74, 6) is -0.547. The van der Waals surface area contributed by atoms with Gasteiger partial charge in [-0.1, -0.05) is 6.07 Å². The van der Waals surface area contributed by atoms with Crippen molar-refractivity contribution in [2.75, 3.05) is 7.11 Å². The summed E-state index contributed by atoms with van der Waals surface area (Å²) in [5, 5.41) is 9.94. The molecule has 0 aliphatic heterocycles. The van der Waals surface area contributed by atoms with E-state index < -0.39 is 5.97 Å². The third-order valence-corrected chi connectivity index (χ3v) is 3.01. The number of phenols is 1. The lowest BCUT2D eigenvalue weighted by Gasteiger charge is -2.07. The van der Waals surface area contributed by atoms with Gasteiger partial charge in [0.1, 0.15) is 5.75 Å². The Balaban J connectivity index is 2.33. The predicted octanol–water partition coefficient (Wildman–Crippen LogP) is 1.77. The Morgan fingerprint density at radius 2 is 2.05 bits per heavy atom. The number of aromatic amines is 1. The minimum Gasteiger partial charge on any atom is -0.508 e. The van der Waals surface area contributed by atoms with Crippen molar-refractivity contribution in [1.82, 2.24) is 4.98 Å². The number of aryl methyl sites for hydroxylation is 1. The first-order valence-corrected chi connectivity index (χ1v) is 6.09. The molecule has 0 bridgehead atoms. The summed E-state index contributed by atoms with van der Waals surface area (Å²) in [4.78, 5) is 25.7. The summed E-state index contributed by atoms with van der Waals surface area (Å²) in [6.45, 7) is 1.87. The number of aromatic nitrogens is 1. The average molecular weight is 273 g/mol. The van der Waals surface area contributed by atoms with Crippen LogP contribution in [0.25, 0.3) is 0 Å². The number of ether oxygens (including phenoxy) is 1. The highest BCUT2D eigenvalue weighted by molar-refractivity contribution is 5.89. The molecule has 0 fully saturated rings. The van der Waals surface area contributed by atoms with Gasteiger partial charge < -0.3 is 14.8 Å². The minimum atomic E-state index is -0.514. The fourth-order valence-corrected chi connectivity index (χ4v) is 1.95. The highest BCUT2D eigenvalue weighted by Gasteiger charge is 2.11. The zero-order valence-corrected chi connectivity index (χ0v) is 11.3. The molecule has 0 spiro atoms. The van der Waals surface area contributed by atoms with E-state index in [4.69, 9.17) is 0 Å². The predicted molar refractivity (Wildman–Crippen MR) is 74.1 cm³/mol. The number of benzene rings is 1. The first-order chi connectivity index (χ1) is 9.51. The van der Waals surface area contributed by atoms with Gasteiger partial charge >= 0.3 is 5.97 Å². The molecule has 2 aromatic rings. The normalized spacial score (nSPS) is 10.3. The number of aromatic hydroxyl groups is 1. The molecule has 2 N–H and O–H groups in total. The SMILES string of the molecule is COC(=O)c1ccc(Cc2cc(C)c[nH]c2=O)c(O)c1. The Bertz CT molecular complexity index is 703. The molecule has 0 unspecified atom stereocenters. The summed E-state index contributed by atoms with van der Waals surface area (Å²) in [6, 6.07) is 6.28. The number of hydrogen-bond donors (Lipinski definition) is 2. The second kappa shape index (κ2) is 5.61. The van der Waals surface area contributed by atoms with Gasteiger partial charge in [0, 0.05) is 18.2 Å². The first-order valence-electron chi connectivity index (χ1n) is 6.09. The highest BCUT2D eigenvalue weighted by atomic mass is 16.5. The lowest BCUT2D eigenvalue weighted by Crippen LogP contribution is -2.12. The zero-order valence-electron chi connectivity index (χ0n) is 11.3. The monoisotopic (exact) mass is 273 g/mol. The van der Waals surface area contributed by atoms with Crippen LogP contribution in [0.1, 0.15) is 27.0 Å². The van der Waals surface area contributed by atoms with Crippen molar-refractivity contribution in [3.63, 3.8) is 0 Å². The Labute approximate surface area is 115 Å². The second-order valence-electron chi connectivity index (χ2n) is 4.54. The smallest absolute Gasteiger partial charge is 0.337 e. The van der Waals surface area contributed by atoms with Gasteiger partial charge in [0.25, 0.3) is 5.56 Å². The van der Waals surface area contributed by atoms with Crippen LogP contribution in [0.5, 0.6) is 5.75 Å². The molecule has 5 heteroatoms. The molecule has 5 nitrogen and oxygen atoms in total. The van der Waals surface area contributed by atoms with Gasteiger partial charge in [-0.05, 0) is 36.2 Å². The number of phenolic OH excluding ortho intramolecular Hbond substituents is 1. The largest absolute Gasteiger partial charge is 0.508 e. The van der Waals surface area contributed by atoms with E-state index in [1.165, 1.54) is 13.2 Å². The van der Waals surface area contributed by atoms with E-state index in [0.29, 0.717) is 17.5 Å². The maximum Gasteiger partial charge on any atom is 0.337 e. The second-order valence-corrected chi connectivity index (χ2v) is 4.54. The molecule has 0 aliphatic carbocycles. The van der Waals surface area contributed by atoms with Crippen LogP contribution in [0.4, 0.5) is 0 Å². The number of hydrogen-bond acceptors (Lipinski definition) is 4. The lowest BCUT2D eigenvalue weighted by molar-refractivity contribution is 0.0600. The Kier molecular flexibility index (Phi) is 3.89. The molecule has 1 aromatic carbocycles. The molecular weight excluding hydrogens is 258 g/mol. The molecule has 0 saturated heterocycles. The van der Waals surface area contributed by atoms with E-state index in [2.05, 4.69) is 9.72 Å². The van der Waals surface area contributed by atoms with E-state index in [-0.39, 0.29) is 16.9 Å². The molecule has 1 heterocycles. The number of H-pyrrole nitrogens is 1. The fourth-order valence-electron chi connectivity index (χ4n) is 1.95. The molecule has 0 radical (unpaired) electrons. The third-order valence-electron chi connectivity index (χ3n) is 3.01. The lowest BCUT2D eigenvalue weighted by atomic mass is 10.0. The molecule has 0 amide bonds. The van der Waals surface area contributed by atoms with Crippen LogP contribution < -0.4 is 5.56 Å². The minimum absolute atomic E-state index is 0.0335. The van der Waals surface area contributed by atoms with Gasteiger partial charge in [0.05, 0.1) is 12.7 Å². The molecule has 2 rings (SSSR count). The Morgan fingerprint density at radius 3 is 2.70 bits per heavy atom. The van der Waals surface area contributed by atoms with Crippen molar-refractivity contribution in [1.29, 1.82) is 0 Å². The van der Waals surface area contributed by atoms with E-state index in [0.717, 1.165) is 5.56 Å². The maximum atomic E-state index is 11.7. The van der Waals surface area contributed by atoms with Gasteiger partial charge in [0.2, 0.25) is 0 Å². The van der Waals surface area contributed by atoms with Crippen molar-refractivity contribution in [3.05, 3.63) is 63.1 Å². The van der Waals surface area contributed by atoms with Crippen LogP contribution >= 0.6 is 0 Å². The average Bonchev–Trinajstić information content (AvgIpc) is 2.44. The third kappa shape index (κ3) is 2.88. The number of carbonyl (C=O) groups excluding carboxylic acids is 1. The summed E-state index contributed by atoms with van der Waals surface area (Å²) < 4.78 is 4.58. The number of pyridine rings is 1. The van der Waals surface area contributed by atoms with E-state index in [1.807, 2.05) is 6.92 Å². The molecular formula is C15H15NO4. The van der Waals surface area contributed by atoms with E-state index >= 15 is 0 Å². The van der Waals surface area contributed by atoms with Crippen LogP contribution in [0, 0.1) is 6.92 Å². The fraction of sp³-hybridized carbons (Fsp3) is 0.200. The molecule has 104 valence electrons. The number of esters is 1. The Morgan fingerprint density at radius 1 is 1.30 bits per heavy atom. The Hall–Kier alpha value is -2.56. The van der Waals surface area contributed by atoms with Gasteiger partial charge in [-0.15, -0.1) is 0 Å². The van der Waals surface area contributed by atoms with Crippen molar-refractivity contribution >= 4 is 5.97 Å². The van der Waals surface area contributed by atoms with Crippen LogP contribution in [-0.4, -0.2) is 23.2 Å². The summed E-state index contributed by atoms with van der Waals surface area (Å²) in [5.41, 5.74) is 2.16. The van der Waals surface area contributed by atoms with Crippen LogP contribution in [0.3, 0.4) is 0 Å². The molecule has 0 atom stereocenters. The number of carbonyl (C=O) groups is 1. The van der Waals surface area contributed by atoms with Gasteiger partial charge in [-0.2, -0.15) is 0 Å². The molecule has 0 saturated carbocycles. The molecule has 1 aromatic heterocycles. The van der Waals surface area contributed by atoms with Crippen LogP contribution in [-0.2, 0) is 11.2 Å². The summed E-state index contributed by atoms with van der Waals surface area (Å²) in [7, 11) is 1.28.